The molecule has 0 spiro atoms. The summed E-state index contributed by atoms with van der Waals surface area (Å²) in [4.78, 5) is 4.11. The fourth-order valence-corrected chi connectivity index (χ4v) is 1.86. The summed E-state index contributed by atoms with van der Waals surface area (Å²) in [7, 11) is 3.65. The first kappa shape index (κ1) is 12.0. The number of nitrogens with one attached hydrogen (secondary N) is 1. The molecule has 0 radical (unpaired) electrons. The van der Waals surface area contributed by atoms with Crippen LogP contribution in [0.5, 0.6) is 5.88 Å². The van der Waals surface area contributed by atoms with Crippen molar-refractivity contribution in [2.75, 3.05) is 14.2 Å². The molecule has 3 heteroatoms. The number of pyridine rings is 1. The molecule has 1 heterocycles. The summed E-state index contributed by atoms with van der Waals surface area (Å²) in [5, 5.41) is 3.33. The molecule has 1 N–H and O–H groups in total. The third-order valence-corrected chi connectivity index (χ3v) is 2.91. The van der Waals surface area contributed by atoms with Gasteiger partial charge in [-0.25, -0.2) is 4.98 Å². The molecule has 3 nitrogen and oxygen atoms in total. The van der Waals surface area contributed by atoms with Gasteiger partial charge in [0.05, 0.1) is 7.11 Å². The lowest BCUT2D eigenvalue weighted by atomic mass is 9.92. The van der Waals surface area contributed by atoms with Crippen molar-refractivity contribution < 1.29 is 4.74 Å². The number of methoxy groups -OCH3 is 1. The number of nitrogens with zero attached hydrogens (tertiary/aromatic N) is 1. The maximum atomic E-state index is 5.12. The molecule has 0 aromatic carbocycles. The van der Waals surface area contributed by atoms with Crippen molar-refractivity contribution in [1.29, 1.82) is 0 Å². The molecular formula is C12H20N2O. The largest absolute Gasteiger partial charge is 0.481 e. The Labute approximate surface area is 91.9 Å². The normalized spacial score (nSPS) is 14.7. The Balaban J connectivity index is 2.84. The molecule has 0 aliphatic rings. The van der Waals surface area contributed by atoms with Crippen LogP contribution in [0, 0.1) is 0 Å². The first-order valence-corrected chi connectivity index (χ1v) is 5.40. The van der Waals surface area contributed by atoms with E-state index in [0.29, 0.717) is 17.8 Å². The van der Waals surface area contributed by atoms with Gasteiger partial charge in [-0.2, -0.15) is 0 Å². The number of ether oxygens (including phenoxy) is 1. The zero-order chi connectivity index (χ0) is 11.3. The smallest absolute Gasteiger partial charge is 0.213 e. The fourth-order valence-electron chi connectivity index (χ4n) is 1.86. The molecule has 0 saturated carbocycles. The van der Waals surface area contributed by atoms with Crippen LogP contribution >= 0.6 is 0 Å². The van der Waals surface area contributed by atoms with E-state index < -0.39 is 0 Å². The summed E-state index contributed by atoms with van der Waals surface area (Å²) in [5.74, 6) is 1.15. The molecule has 15 heavy (non-hydrogen) atoms. The molecule has 0 bridgehead atoms. The highest BCUT2D eigenvalue weighted by atomic mass is 16.5. The second kappa shape index (κ2) is 5.71. The minimum Gasteiger partial charge on any atom is -0.481 e. The van der Waals surface area contributed by atoms with Gasteiger partial charge in [-0.05, 0) is 31.0 Å². The topological polar surface area (TPSA) is 34.2 Å². The van der Waals surface area contributed by atoms with Crippen LogP contribution in [0.2, 0.25) is 0 Å². The number of hydrogen-bond acceptors (Lipinski definition) is 3. The Morgan fingerprint density at radius 1 is 1.53 bits per heavy atom. The van der Waals surface area contributed by atoms with Crippen molar-refractivity contribution in [2.45, 2.75) is 32.2 Å². The van der Waals surface area contributed by atoms with Gasteiger partial charge in [-0.1, -0.05) is 13.8 Å². The van der Waals surface area contributed by atoms with E-state index in [1.807, 2.05) is 19.2 Å². The van der Waals surface area contributed by atoms with Gasteiger partial charge >= 0.3 is 0 Å². The highest BCUT2D eigenvalue weighted by molar-refractivity contribution is 5.24. The Morgan fingerprint density at radius 3 is 2.80 bits per heavy atom. The SMILES string of the molecule is CCC(NC)C(C)c1ccnc(OC)c1. The number of rotatable bonds is 5. The molecule has 2 unspecified atom stereocenters. The minimum atomic E-state index is 0.469. The van der Waals surface area contributed by atoms with Crippen LogP contribution in [0.4, 0.5) is 0 Å². The molecule has 1 aromatic heterocycles. The van der Waals surface area contributed by atoms with Crippen molar-refractivity contribution in [3.8, 4) is 5.88 Å². The van der Waals surface area contributed by atoms with Crippen molar-refractivity contribution in [1.82, 2.24) is 10.3 Å². The summed E-state index contributed by atoms with van der Waals surface area (Å²) < 4.78 is 5.12. The second-order valence-corrected chi connectivity index (χ2v) is 3.72. The standard InChI is InChI=1S/C12H20N2O/c1-5-11(13-3)9(2)10-6-7-14-12(8-10)15-4/h6-9,11,13H,5H2,1-4H3. The van der Waals surface area contributed by atoms with Gasteiger partial charge in [0.1, 0.15) is 0 Å². The molecule has 0 aliphatic carbocycles. The van der Waals surface area contributed by atoms with Gasteiger partial charge in [-0.15, -0.1) is 0 Å². The molecule has 84 valence electrons. The van der Waals surface area contributed by atoms with Crippen LogP contribution < -0.4 is 10.1 Å². The van der Waals surface area contributed by atoms with Crippen molar-refractivity contribution >= 4 is 0 Å². The first-order chi connectivity index (χ1) is 7.22. The summed E-state index contributed by atoms with van der Waals surface area (Å²) >= 11 is 0. The van der Waals surface area contributed by atoms with E-state index >= 15 is 0 Å². The highest BCUT2D eigenvalue weighted by Crippen LogP contribution is 2.22. The molecular weight excluding hydrogens is 188 g/mol. The maximum Gasteiger partial charge on any atom is 0.213 e. The Morgan fingerprint density at radius 2 is 2.27 bits per heavy atom. The monoisotopic (exact) mass is 208 g/mol. The van der Waals surface area contributed by atoms with Gasteiger partial charge in [-0.3, -0.25) is 0 Å². The maximum absolute atomic E-state index is 5.12. The molecule has 0 aliphatic heterocycles. The van der Waals surface area contributed by atoms with Crippen molar-refractivity contribution in [3.05, 3.63) is 23.9 Å². The highest BCUT2D eigenvalue weighted by Gasteiger charge is 2.15. The summed E-state index contributed by atoms with van der Waals surface area (Å²) in [6, 6.07) is 4.55. The summed E-state index contributed by atoms with van der Waals surface area (Å²) in [6.45, 7) is 4.41. The zero-order valence-corrected chi connectivity index (χ0v) is 9.95. The zero-order valence-electron chi connectivity index (χ0n) is 9.95. The lowest BCUT2D eigenvalue weighted by Crippen LogP contribution is -2.29. The number of aromatic nitrogens is 1. The Bertz CT molecular complexity index is 297. The molecule has 0 saturated heterocycles. The molecule has 0 amide bonds. The van der Waals surface area contributed by atoms with Crippen LogP contribution in [0.3, 0.4) is 0 Å². The third kappa shape index (κ3) is 2.93. The molecule has 1 aromatic rings. The van der Waals surface area contributed by atoms with Crippen LogP contribution in [0.15, 0.2) is 18.3 Å². The van der Waals surface area contributed by atoms with E-state index in [1.54, 1.807) is 13.3 Å². The van der Waals surface area contributed by atoms with Gasteiger partial charge in [0.15, 0.2) is 0 Å². The van der Waals surface area contributed by atoms with Gasteiger partial charge in [0.2, 0.25) is 5.88 Å². The molecule has 1 rings (SSSR count). The average Bonchev–Trinajstić information content (AvgIpc) is 2.30. The second-order valence-electron chi connectivity index (χ2n) is 3.72. The number of likely N-dealkylation sites (N-methyl/N-ethyl adjacent to an activating group) is 1. The predicted octanol–water partition coefficient (Wildman–Crippen LogP) is 2.19. The Kier molecular flexibility index (Phi) is 4.56. The van der Waals surface area contributed by atoms with Crippen LogP contribution in [0.25, 0.3) is 0 Å². The third-order valence-electron chi connectivity index (χ3n) is 2.91. The quantitative estimate of drug-likeness (QED) is 0.805. The van der Waals surface area contributed by atoms with Crippen molar-refractivity contribution in [2.24, 2.45) is 0 Å². The van der Waals surface area contributed by atoms with E-state index in [2.05, 4.69) is 24.1 Å². The van der Waals surface area contributed by atoms with Crippen LogP contribution in [-0.2, 0) is 0 Å². The lowest BCUT2D eigenvalue weighted by Gasteiger charge is -2.22. The molecule has 2 atom stereocenters. The van der Waals surface area contributed by atoms with E-state index in [4.69, 9.17) is 4.74 Å². The van der Waals surface area contributed by atoms with E-state index in [9.17, 15) is 0 Å². The van der Waals surface area contributed by atoms with Gasteiger partial charge in [0.25, 0.3) is 0 Å². The first-order valence-electron chi connectivity index (χ1n) is 5.40. The summed E-state index contributed by atoms with van der Waals surface area (Å²) in [6.07, 6.45) is 2.91. The fraction of sp³-hybridized carbons (Fsp3) is 0.583. The lowest BCUT2D eigenvalue weighted by molar-refractivity contribution is 0.395. The van der Waals surface area contributed by atoms with Crippen LogP contribution in [-0.4, -0.2) is 25.2 Å². The van der Waals surface area contributed by atoms with Gasteiger partial charge in [0, 0.05) is 18.3 Å². The van der Waals surface area contributed by atoms with E-state index in [1.165, 1.54) is 5.56 Å². The average molecular weight is 208 g/mol. The summed E-state index contributed by atoms with van der Waals surface area (Å²) in [5.41, 5.74) is 1.27. The Hall–Kier alpha value is -1.09. The van der Waals surface area contributed by atoms with Crippen molar-refractivity contribution in [3.63, 3.8) is 0 Å². The molecule has 0 fully saturated rings. The minimum absolute atomic E-state index is 0.469. The van der Waals surface area contributed by atoms with E-state index in [0.717, 1.165) is 6.42 Å². The van der Waals surface area contributed by atoms with Gasteiger partial charge < -0.3 is 10.1 Å². The number of hydrogen-bond donors (Lipinski definition) is 1. The predicted molar refractivity (Wildman–Crippen MR) is 62.3 cm³/mol. The van der Waals surface area contributed by atoms with Crippen LogP contribution in [0.1, 0.15) is 31.7 Å². The van der Waals surface area contributed by atoms with E-state index in [-0.39, 0.29) is 0 Å².